The zero-order valence-electron chi connectivity index (χ0n) is 10.9. The third kappa shape index (κ3) is 2.58. The fourth-order valence-electron chi connectivity index (χ4n) is 2.69. The first-order valence-electron chi connectivity index (χ1n) is 6.56. The molecule has 1 atom stereocenters. The van der Waals surface area contributed by atoms with Crippen molar-refractivity contribution in [1.29, 1.82) is 0 Å². The molecule has 0 aromatic heterocycles. The Bertz CT molecular complexity index is 445. The number of nitrogens with zero attached hydrogens (tertiary/aromatic N) is 1. The summed E-state index contributed by atoms with van der Waals surface area (Å²) in [5, 5.41) is 0. The first kappa shape index (κ1) is 12.7. The zero-order valence-corrected chi connectivity index (χ0v) is 10.9. The lowest BCUT2D eigenvalue weighted by atomic mass is 10.0. The van der Waals surface area contributed by atoms with Crippen LogP contribution in [-0.4, -0.2) is 19.0 Å². The number of nitrogens with two attached hydrogens (primary N) is 2. The molecule has 1 aliphatic heterocycles. The molecule has 0 radical (unpaired) electrons. The molecule has 0 aliphatic carbocycles. The molecule has 1 heterocycles. The molecule has 1 saturated heterocycles. The van der Waals surface area contributed by atoms with E-state index in [-0.39, 0.29) is 0 Å². The Morgan fingerprint density at radius 2 is 2.28 bits per heavy atom. The van der Waals surface area contributed by atoms with Crippen molar-refractivity contribution in [2.24, 2.45) is 11.7 Å². The van der Waals surface area contributed by atoms with E-state index >= 15 is 0 Å². The van der Waals surface area contributed by atoms with Gasteiger partial charge in [-0.25, -0.2) is 0 Å². The number of amides is 1. The van der Waals surface area contributed by atoms with Crippen LogP contribution in [0.15, 0.2) is 18.2 Å². The molecular formula is C14H21N3O. The van der Waals surface area contributed by atoms with Crippen LogP contribution >= 0.6 is 0 Å². The Balaban J connectivity index is 2.12. The first-order valence-corrected chi connectivity index (χ1v) is 6.56. The van der Waals surface area contributed by atoms with Crippen LogP contribution in [0.5, 0.6) is 0 Å². The zero-order chi connectivity index (χ0) is 13.1. The maximum atomic E-state index is 11.1. The summed E-state index contributed by atoms with van der Waals surface area (Å²) in [6, 6.07) is 5.33. The van der Waals surface area contributed by atoms with Crippen molar-refractivity contribution in [3.63, 3.8) is 0 Å². The summed E-state index contributed by atoms with van der Waals surface area (Å²) in [6.07, 6.45) is 3.73. The topological polar surface area (TPSA) is 72.3 Å². The predicted octanol–water partition coefficient (Wildman–Crippen LogP) is 1.99. The summed E-state index contributed by atoms with van der Waals surface area (Å²) < 4.78 is 0. The van der Waals surface area contributed by atoms with Gasteiger partial charge in [-0.3, -0.25) is 4.79 Å². The first-order chi connectivity index (χ1) is 8.61. The van der Waals surface area contributed by atoms with Crippen LogP contribution in [0.1, 0.15) is 36.5 Å². The molecular weight excluding hydrogens is 226 g/mol. The lowest BCUT2D eigenvalue weighted by Crippen LogP contribution is -2.21. The van der Waals surface area contributed by atoms with Crippen LogP contribution < -0.4 is 16.4 Å². The van der Waals surface area contributed by atoms with Gasteiger partial charge in [0.1, 0.15) is 0 Å². The average molecular weight is 247 g/mol. The van der Waals surface area contributed by atoms with Gasteiger partial charge >= 0.3 is 0 Å². The van der Waals surface area contributed by atoms with Gasteiger partial charge in [-0.05, 0) is 37.0 Å². The minimum Gasteiger partial charge on any atom is -0.397 e. The average Bonchev–Trinajstić information content (AvgIpc) is 2.77. The molecule has 0 saturated carbocycles. The lowest BCUT2D eigenvalue weighted by Gasteiger charge is -2.21. The quantitative estimate of drug-likeness (QED) is 0.799. The maximum absolute atomic E-state index is 11.1. The molecule has 4 heteroatoms. The van der Waals surface area contributed by atoms with E-state index < -0.39 is 5.91 Å². The second kappa shape index (κ2) is 5.29. The molecule has 4 nitrogen and oxygen atoms in total. The van der Waals surface area contributed by atoms with E-state index in [4.69, 9.17) is 11.5 Å². The van der Waals surface area contributed by atoms with Crippen molar-refractivity contribution >= 4 is 17.3 Å². The molecule has 1 aromatic rings. The Hall–Kier alpha value is -1.71. The Morgan fingerprint density at radius 3 is 2.89 bits per heavy atom. The fourth-order valence-corrected chi connectivity index (χ4v) is 2.69. The second-order valence-corrected chi connectivity index (χ2v) is 5.03. The molecule has 0 bridgehead atoms. The highest BCUT2D eigenvalue weighted by Crippen LogP contribution is 2.31. The highest BCUT2D eigenvalue weighted by Gasteiger charge is 2.23. The third-order valence-electron chi connectivity index (χ3n) is 3.64. The SMILES string of the molecule is CCCC1CCN(c2ccc(C(N)=O)cc2N)C1. The van der Waals surface area contributed by atoms with Crippen LogP contribution in [0, 0.1) is 5.92 Å². The highest BCUT2D eigenvalue weighted by molar-refractivity contribution is 5.94. The lowest BCUT2D eigenvalue weighted by molar-refractivity contribution is 0.100. The maximum Gasteiger partial charge on any atom is 0.248 e. The number of rotatable bonds is 4. The normalized spacial score (nSPS) is 19.2. The number of hydrogen-bond acceptors (Lipinski definition) is 3. The molecule has 0 spiro atoms. The largest absolute Gasteiger partial charge is 0.397 e. The summed E-state index contributed by atoms with van der Waals surface area (Å²) in [7, 11) is 0. The molecule has 2 rings (SSSR count). The molecule has 18 heavy (non-hydrogen) atoms. The van der Waals surface area contributed by atoms with E-state index in [0.29, 0.717) is 11.3 Å². The molecule has 1 fully saturated rings. The van der Waals surface area contributed by atoms with Crippen molar-refractivity contribution in [2.75, 3.05) is 23.7 Å². The molecule has 98 valence electrons. The van der Waals surface area contributed by atoms with Crippen molar-refractivity contribution in [3.8, 4) is 0 Å². The third-order valence-corrected chi connectivity index (χ3v) is 3.64. The predicted molar refractivity (Wildman–Crippen MR) is 74.6 cm³/mol. The van der Waals surface area contributed by atoms with Gasteiger partial charge in [0, 0.05) is 18.7 Å². The standard InChI is InChI=1S/C14H21N3O/c1-2-3-10-6-7-17(9-10)13-5-4-11(14(16)18)8-12(13)15/h4-5,8,10H,2-3,6-7,9,15H2,1H3,(H2,16,18). The molecule has 1 aromatic carbocycles. The van der Waals surface area contributed by atoms with Crippen LogP contribution in [0.4, 0.5) is 11.4 Å². The minimum atomic E-state index is -0.432. The summed E-state index contributed by atoms with van der Waals surface area (Å²) in [4.78, 5) is 13.4. The Kier molecular flexibility index (Phi) is 3.75. The van der Waals surface area contributed by atoms with E-state index in [1.165, 1.54) is 19.3 Å². The van der Waals surface area contributed by atoms with E-state index in [1.54, 1.807) is 12.1 Å². The van der Waals surface area contributed by atoms with E-state index in [1.807, 2.05) is 6.07 Å². The Labute approximate surface area is 108 Å². The van der Waals surface area contributed by atoms with Crippen molar-refractivity contribution < 1.29 is 4.79 Å². The van der Waals surface area contributed by atoms with Gasteiger partial charge in [0.2, 0.25) is 5.91 Å². The number of anilines is 2. The highest BCUT2D eigenvalue weighted by atomic mass is 16.1. The van der Waals surface area contributed by atoms with Gasteiger partial charge in [-0.2, -0.15) is 0 Å². The second-order valence-electron chi connectivity index (χ2n) is 5.03. The molecule has 1 amide bonds. The number of primary amides is 1. The Morgan fingerprint density at radius 1 is 1.50 bits per heavy atom. The van der Waals surface area contributed by atoms with Gasteiger partial charge in [-0.1, -0.05) is 13.3 Å². The van der Waals surface area contributed by atoms with Gasteiger partial charge < -0.3 is 16.4 Å². The number of hydrogen-bond donors (Lipinski definition) is 2. The van der Waals surface area contributed by atoms with E-state index in [9.17, 15) is 4.79 Å². The summed E-state index contributed by atoms with van der Waals surface area (Å²) in [6.45, 7) is 4.33. The van der Waals surface area contributed by atoms with Crippen LogP contribution in [0.2, 0.25) is 0 Å². The van der Waals surface area contributed by atoms with Gasteiger partial charge in [-0.15, -0.1) is 0 Å². The monoisotopic (exact) mass is 247 g/mol. The van der Waals surface area contributed by atoms with Crippen LogP contribution in [-0.2, 0) is 0 Å². The molecule has 4 N–H and O–H groups in total. The summed E-state index contributed by atoms with van der Waals surface area (Å²) in [5.41, 5.74) is 13.4. The molecule has 1 aliphatic rings. The summed E-state index contributed by atoms with van der Waals surface area (Å²) >= 11 is 0. The number of carbonyl (C=O) groups is 1. The van der Waals surface area contributed by atoms with Crippen molar-refractivity contribution in [2.45, 2.75) is 26.2 Å². The van der Waals surface area contributed by atoms with E-state index in [2.05, 4.69) is 11.8 Å². The summed E-state index contributed by atoms with van der Waals surface area (Å²) in [5.74, 6) is 0.337. The number of carbonyl (C=O) groups excluding carboxylic acids is 1. The van der Waals surface area contributed by atoms with Gasteiger partial charge in [0.15, 0.2) is 0 Å². The number of nitrogen functional groups attached to an aromatic ring is 1. The van der Waals surface area contributed by atoms with Crippen molar-refractivity contribution in [3.05, 3.63) is 23.8 Å². The van der Waals surface area contributed by atoms with Gasteiger partial charge in [0.05, 0.1) is 11.4 Å². The number of benzene rings is 1. The van der Waals surface area contributed by atoms with E-state index in [0.717, 1.165) is 24.7 Å². The van der Waals surface area contributed by atoms with Crippen LogP contribution in [0.25, 0.3) is 0 Å². The van der Waals surface area contributed by atoms with Gasteiger partial charge in [0.25, 0.3) is 0 Å². The fraction of sp³-hybridized carbons (Fsp3) is 0.500. The smallest absolute Gasteiger partial charge is 0.248 e. The minimum absolute atomic E-state index is 0.432. The molecule has 1 unspecified atom stereocenters. The van der Waals surface area contributed by atoms with Crippen LogP contribution in [0.3, 0.4) is 0 Å². The van der Waals surface area contributed by atoms with Crippen molar-refractivity contribution in [1.82, 2.24) is 0 Å².